The highest BCUT2D eigenvalue weighted by Gasteiger charge is 2.50. The maximum absolute atomic E-state index is 11.7. The minimum Gasteiger partial charge on any atom is -0.467 e. The summed E-state index contributed by atoms with van der Waals surface area (Å²) in [5.74, 6) is -0.430. The van der Waals surface area contributed by atoms with Gasteiger partial charge in [0.15, 0.2) is 12.4 Å². The molecule has 2 fully saturated rings. The second-order valence-electron chi connectivity index (χ2n) is 5.29. The van der Waals surface area contributed by atoms with E-state index in [0.29, 0.717) is 13.1 Å². The Balaban J connectivity index is 1.75. The molecule has 0 spiro atoms. The van der Waals surface area contributed by atoms with Crippen molar-refractivity contribution in [3.05, 3.63) is 35.9 Å². The lowest BCUT2D eigenvalue weighted by Crippen LogP contribution is -2.53. The lowest BCUT2D eigenvalue weighted by atomic mass is 10.1. The highest BCUT2D eigenvalue weighted by Crippen LogP contribution is 2.31. The number of hydrogen-bond acceptors (Lipinski definition) is 6. The summed E-state index contributed by atoms with van der Waals surface area (Å²) >= 11 is 0. The first kappa shape index (κ1) is 14.5. The largest absolute Gasteiger partial charge is 0.467 e. The Bertz CT molecular complexity index is 494. The smallest absolute Gasteiger partial charge is 0.337 e. The number of methoxy groups -OCH3 is 1. The summed E-state index contributed by atoms with van der Waals surface area (Å²) in [6.07, 6.45) is -1.66. The van der Waals surface area contributed by atoms with Crippen LogP contribution in [-0.2, 0) is 25.5 Å². The average molecular weight is 293 g/mol. The van der Waals surface area contributed by atoms with E-state index in [0.717, 1.165) is 5.56 Å². The molecule has 1 aromatic rings. The van der Waals surface area contributed by atoms with Crippen molar-refractivity contribution in [2.24, 2.45) is 0 Å². The van der Waals surface area contributed by atoms with Crippen LogP contribution in [0.15, 0.2) is 30.3 Å². The van der Waals surface area contributed by atoms with Gasteiger partial charge in [-0.15, -0.1) is 0 Å². The highest BCUT2D eigenvalue weighted by molar-refractivity contribution is 5.75. The summed E-state index contributed by atoms with van der Waals surface area (Å²) in [5, 5.41) is 9.62. The van der Waals surface area contributed by atoms with Gasteiger partial charge < -0.3 is 19.3 Å². The number of rotatable bonds is 4. The van der Waals surface area contributed by atoms with Crippen LogP contribution in [0.1, 0.15) is 5.56 Å². The number of ether oxygens (including phenoxy) is 3. The maximum atomic E-state index is 11.7. The van der Waals surface area contributed by atoms with E-state index in [1.54, 1.807) is 0 Å². The summed E-state index contributed by atoms with van der Waals surface area (Å²) in [6, 6.07) is 9.70. The van der Waals surface area contributed by atoms with E-state index >= 15 is 0 Å². The summed E-state index contributed by atoms with van der Waals surface area (Å²) < 4.78 is 16.0. The molecule has 2 aliphatic heterocycles. The fraction of sp³-hybridized carbons (Fsp3) is 0.533. The molecule has 6 nitrogen and oxygen atoms in total. The number of hydrogen-bond donors (Lipinski definition) is 1. The molecule has 0 unspecified atom stereocenters. The number of benzene rings is 1. The van der Waals surface area contributed by atoms with Crippen molar-refractivity contribution >= 4 is 5.97 Å². The van der Waals surface area contributed by atoms with Gasteiger partial charge in [0.2, 0.25) is 0 Å². The molecule has 0 saturated carbocycles. The summed E-state index contributed by atoms with van der Waals surface area (Å²) in [5.41, 5.74) is 1.15. The molecule has 0 aliphatic carbocycles. The second-order valence-corrected chi connectivity index (χ2v) is 5.29. The summed E-state index contributed by atoms with van der Waals surface area (Å²) in [6.45, 7) is 1.12. The van der Waals surface area contributed by atoms with Crippen molar-refractivity contribution in [1.82, 2.24) is 4.90 Å². The first-order valence-electron chi connectivity index (χ1n) is 7.00. The van der Waals surface area contributed by atoms with Crippen molar-refractivity contribution in [2.75, 3.05) is 20.3 Å². The molecule has 0 amide bonds. The van der Waals surface area contributed by atoms with Crippen molar-refractivity contribution in [3.8, 4) is 0 Å². The van der Waals surface area contributed by atoms with Gasteiger partial charge in [-0.1, -0.05) is 30.3 Å². The first-order chi connectivity index (χ1) is 10.2. The molecule has 2 heterocycles. The van der Waals surface area contributed by atoms with Crippen LogP contribution in [0.5, 0.6) is 0 Å². The fourth-order valence-corrected chi connectivity index (χ4v) is 2.89. The van der Waals surface area contributed by atoms with E-state index in [1.165, 1.54) is 7.11 Å². The van der Waals surface area contributed by atoms with E-state index in [2.05, 4.69) is 4.90 Å². The number of esters is 1. The molecule has 3 rings (SSSR count). The molecule has 4 atom stereocenters. The second kappa shape index (κ2) is 6.11. The standard InChI is InChI=1S/C15H19NO5/c1-19-14(18)13-12-8-16(7-10-5-3-2-4-6-10)11(9-17)15(20-12)21-13/h2-6,11-13,15,17H,7-9H2,1H3/t11-,12+,13-,15+/m1/s1. The molecule has 2 bridgehead atoms. The Morgan fingerprint density at radius 2 is 2.14 bits per heavy atom. The van der Waals surface area contributed by atoms with Crippen LogP contribution in [-0.4, -0.2) is 60.8 Å². The predicted molar refractivity (Wildman–Crippen MR) is 73.3 cm³/mol. The zero-order valence-corrected chi connectivity index (χ0v) is 11.8. The van der Waals surface area contributed by atoms with Crippen molar-refractivity contribution in [2.45, 2.75) is 31.1 Å². The number of carbonyl (C=O) groups excluding carboxylic acids is 1. The van der Waals surface area contributed by atoms with Gasteiger partial charge in [0, 0.05) is 13.1 Å². The molecular weight excluding hydrogens is 274 g/mol. The van der Waals surface area contributed by atoms with Crippen LogP contribution in [0.3, 0.4) is 0 Å². The molecule has 6 heteroatoms. The number of carbonyl (C=O) groups is 1. The highest BCUT2D eigenvalue weighted by atomic mass is 16.7. The van der Waals surface area contributed by atoms with Gasteiger partial charge in [-0.25, -0.2) is 4.79 Å². The topological polar surface area (TPSA) is 68.2 Å². The first-order valence-corrected chi connectivity index (χ1v) is 7.00. The zero-order chi connectivity index (χ0) is 14.8. The monoisotopic (exact) mass is 293 g/mol. The van der Waals surface area contributed by atoms with E-state index in [-0.39, 0.29) is 18.8 Å². The molecule has 1 aromatic carbocycles. The van der Waals surface area contributed by atoms with Crippen LogP contribution < -0.4 is 0 Å². The van der Waals surface area contributed by atoms with Gasteiger partial charge in [-0.3, -0.25) is 4.90 Å². The Morgan fingerprint density at radius 1 is 1.38 bits per heavy atom. The lowest BCUT2D eigenvalue weighted by molar-refractivity contribution is -0.166. The van der Waals surface area contributed by atoms with E-state index in [4.69, 9.17) is 14.2 Å². The molecule has 0 aromatic heterocycles. The maximum Gasteiger partial charge on any atom is 0.337 e. The zero-order valence-electron chi connectivity index (χ0n) is 11.8. The van der Waals surface area contributed by atoms with Crippen LogP contribution in [0, 0.1) is 0 Å². The number of nitrogens with zero attached hydrogens (tertiary/aromatic N) is 1. The normalized spacial score (nSPS) is 32.1. The van der Waals surface area contributed by atoms with Crippen LogP contribution in [0.25, 0.3) is 0 Å². The molecule has 114 valence electrons. The molecule has 1 N–H and O–H groups in total. The SMILES string of the molecule is COC(=O)[C@@H]1O[C@@H]2O[C@H]1CN(Cc1ccccc1)[C@@H]2CO. The van der Waals surface area contributed by atoms with Crippen LogP contribution in [0.4, 0.5) is 0 Å². The Labute approximate surface area is 123 Å². The third-order valence-corrected chi connectivity index (χ3v) is 3.97. The van der Waals surface area contributed by atoms with Crippen molar-refractivity contribution < 1.29 is 24.1 Å². The quantitative estimate of drug-likeness (QED) is 0.797. The number of morpholine rings is 1. The molecular formula is C15H19NO5. The van der Waals surface area contributed by atoms with Crippen molar-refractivity contribution in [3.63, 3.8) is 0 Å². The fourth-order valence-electron chi connectivity index (χ4n) is 2.89. The number of aliphatic hydroxyl groups excluding tert-OH is 1. The van der Waals surface area contributed by atoms with Gasteiger partial charge in [0.25, 0.3) is 0 Å². The van der Waals surface area contributed by atoms with Gasteiger partial charge >= 0.3 is 5.97 Å². The predicted octanol–water partition coefficient (Wildman–Crippen LogP) is 0.146. The Morgan fingerprint density at radius 3 is 2.81 bits per heavy atom. The van der Waals surface area contributed by atoms with Gasteiger partial charge in [0.05, 0.1) is 19.8 Å². The van der Waals surface area contributed by atoms with Gasteiger partial charge in [-0.2, -0.15) is 0 Å². The lowest BCUT2D eigenvalue weighted by Gasteiger charge is -2.37. The number of fused-ring (bicyclic) bond motifs is 2. The summed E-state index contributed by atoms with van der Waals surface area (Å²) in [4.78, 5) is 13.8. The average Bonchev–Trinajstić information content (AvgIpc) is 2.86. The van der Waals surface area contributed by atoms with E-state index in [9.17, 15) is 9.90 Å². The number of aliphatic hydroxyl groups is 1. The minimum atomic E-state index is -0.713. The van der Waals surface area contributed by atoms with Crippen LogP contribution >= 0.6 is 0 Å². The Kier molecular flexibility index (Phi) is 4.21. The van der Waals surface area contributed by atoms with Gasteiger partial charge in [0.1, 0.15) is 6.10 Å². The summed E-state index contributed by atoms with van der Waals surface area (Å²) in [7, 11) is 1.33. The van der Waals surface area contributed by atoms with E-state index in [1.807, 2.05) is 30.3 Å². The third-order valence-electron chi connectivity index (χ3n) is 3.97. The third kappa shape index (κ3) is 2.80. The molecule has 21 heavy (non-hydrogen) atoms. The van der Waals surface area contributed by atoms with Gasteiger partial charge in [-0.05, 0) is 5.56 Å². The van der Waals surface area contributed by atoms with E-state index < -0.39 is 18.4 Å². The van der Waals surface area contributed by atoms with Crippen molar-refractivity contribution in [1.29, 1.82) is 0 Å². The Hall–Kier alpha value is -1.47. The van der Waals surface area contributed by atoms with Crippen LogP contribution in [0.2, 0.25) is 0 Å². The molecule has 2 aliphatic rings. The minimum absolute atomic E-state index is 0.0852. The molecule has 0 radical (unpaired) electrons. The molecule has 2 saturated heterocycles.